The van der Waals surface area contributed by atoms with E-state index in [9.17, 15) is 5.11 Å². The van der Waals surface area contributed by atoms with Gasteiger partial charge < -0.3 is 19.3 Å². The zero-order chi connectivity index (χ0) is 17.7. The number of benzene rings is 2. The Hall–Kier alpha value is -2.11. The van der Waals surface area contributed by atoms with Crippen LogP contribution in [-0.4, -0.2) is 44.9 Å². The third-order valence-electron chi connectivity index (χ3n) is 5.48. The fraction of sp³-hybridized carbons (Fsp3) is 0.400. The predicted octanol–water partition coefficient (Wildman–Crippen LogP) is 3.59. The maximum Gasteiger partial charge on any atom is 0.168 e. The molecule has 2 aliphatic rings. The van der Waals surface area contributed by atoms with Gasteiger partial charge in [-0.2, -0.15) is 0 Å². The van der Waals surface area contributed by atoms with Gasteiger partial charge in [0.2, 0.25) is 0 Å². The van der Waals surface area contributed by atoms with E-state index in [1.165, 1.54) is 11.1 Å². The van der Waals surface area contributed by atoms with Crippen molar-refractivity contribution in [2.24, 2.45) is 0 Å². The summed E-state index contributed by atoms with van der Waals surface area (Å²) in [4.78, 5) is 2.38. The van der Waals surface area contributed by atoms with Gasteiger partial charge in [0.15, 0.2) is 23.0 Å². The highest BCUT2D eigenvalue weighted by Gasteiger charge is 2.36. The fourth-order valence-corrected chi connectivity index (χ4v) is 4.23. The van der Waals surface area contributed by atoms with Crippen molar-refractivity contribution in [2.45, 2.75) is 18.9 Å². The van der Waals surface area contributed by atoms with Crippen LogP contribution in [0, 0.1) is 0 Å². The fourth-order valence-electron chi connectivity index (χ4n) is 4.23. The van der Waals surface area contributed by atoms with E-state index >= 15 is 0 Å². The molecule has 5 nitrogen and oxygen atoms in total. The van der Waals surface area contributed by atoms with Crippen molar-refractivity contribution in [1.82, 2.24) is 4.90 Å². The molecular formula is C20H24ClNO4. The zero-order valence-corrected chi connectivity index (χ0v) is 16.3. The molecule has 0 aromatic heterocycles. The summed E-state index contributed by atoms with van der Waals surface area (Å²) in [5.41, 5.74) is 5.84. The van der Waals surface area contributed by atoms with Gasteiger partial charge in [-0.3, -0.25) is 4.90 Å². The van der Waals surface area contributed by atoms with Gasteiger partial charge in [-0.05, 0) is 60.3 Å². The number of hydrogen-bond donors (Lipinski definition) is 1. The molecule has 0 unspecified atom stereocenters. The van der Waals surface area contributed by atoms with E-state index in [-0.39, 0.29) is 24.2 Å². The first kappa shape index (κ1) is 18.7. The van der Waals surface area contributed by atoms with E-state index in [2.05, 4.69) is 18.0 Å². The van der Waals surface area contributed by atoms with E-state index in [1.54, 1.807) is 21.3 Å². The number of aromatic hydroxyl groups is 1. The van der Waals surface area contributed by atoms with Crippen molar-refractivity contribution in [2.75, 3.05) is 34.9 Å². The van der Waals surface area contributed by atoms with Crippen LogP contribution in [-0.2, 0) is 12.8 Å². The SMILES string of the molecule is COc1cc2c(cc1O)C[C@H]1c3c(cc(OC)c(OC)c3-2)CCN1C.Cl. The summed E-state index contributed by atoms with van der Waals surface area (Å²) in [7, 11) is 7.07. The average molecular weight is 378 g/mol. The smallest absolute Gasteiger partial charge is 0.168 e. The summed E-state index contributed by atoms with van der Waals surface area (Å²) >= 11 is 0. The lowest BCUT2D eigenvalue weighted by atomic mass is 9.76. The molecule has 1 aliphatic carbocycles. The summed E-state index contributed by atoms with van der Waals surface area (Å²) in [5, 5.41) is 10.2. The Morgan fingerprint density at radius 1 is 1.00 bits per heavy atom. The number of fused-ring (bicyclic) bond motifs is 2. The van der Waals surface area contributed by atoms with Gasteiger partial charge in [0, 0.05) is 18.2 Å². The Balaban J connectivity index is 0.00000196. The van der Waals surface area contributed by atoms with Crippen LogP contribution in [0.2, 0.25) is 0 Å². The van der Waals surface area contributed by atoms with Crippen molar-refractivity contribution in [1.29, 1.82) is 0 Å². The second kappa shape index (κ2) is 6.89. The minimum atomic E-state index is 0. The van der Waals surface area contributed by atoms with Crippen LogP contribution in [0.15, 0.2) is 18.2 Å². The third kappa shape index (κ3) is 2.58. The van der Waals surface area contributed by atoms with Crippen LogP contribution in [0.5, 0.6) is 23.0 Å². The summed E-state index contributed by atoms with van der Waals surface area (Å²) in [6.07, 6.45) is 1.85. The van der Waals surface area contributed by atoms with Crippen molar-refractivity contribution in [3.63, 3.8) is 0 Å². The Morgan fingerprint density at radius 3 is 2.38 bits per heavy atom. The molecule has 0 amide bonds. The second-order valence-corrected chi connectivity index (χ2v) is 6.69. The Morgan fingerprint density at radius 2 is 1.73 bits per heavy atom. The molecule has 1 aliphatic heterocycles. The van der Waals surface area contributed by atoms with Crippen molar-refractivity contribution < 1.29 is 19.3 Å². The van der Waals surface area contributed by atoms with Crippen LogP contribution < -0.4 is 14.2 Å². The highest BCUT2D eigenvalue weighted by atomic mass is 35.5. The molecule has 0 bridgehead atoms. The van der Waals surface area contributed by atoms with E-state index in [1.807, 2.05) is 12.1 Å². The van der Waals surface area contributed by atoms with E-state index in [4.69, 9.17) is 14.2 Å². The van der Waals surface area contributed by atoms with E-state index < -0.39 is 0 Å². The molecule has 26 heavy (non-hydrogen) atoms. The largest absolute Gasteiger partial charge is 0.504 e. The molecule has 0 saturated carbocycles. The van der Waals surface area contributed by atoms with Gasteiger partial charge in [0.25, 0.3) is 0 Å². The number of ether oxygens (including phenoxy) is 3. The van der Waals surface area contributed by atoms with Gasteiger partial charge >= 0.3 is 0 Å². The Bertz CT molecular complexity index is 852. The monoisotopic (exact) mass is 377 g/mol. The molecule has 2 aromatic carbocycles. The molecule has 1 atom stereocenters. The number of halogens is 1. The lowest BCUT2D eigenvalue weighted by Crippen LogP contribution is -2.35. The normalized spacial score (nSPS) is 17.6. The first-order valence-corrected chi connectivity index (χ1v) is 8.47. The minimum absolute atomic E-state index is 0. The van der Waals surface area contributed by atoms with E-state index in [0.717, 1.165) is 47.6 Å². The van der Waals surface area contributed by atoms with E-state index in [0.29, 0.717) is 5.75 Å². The zero-order valence-electron chi connectivity index (χ0n) is 15.5. The van der Waals surface area contributed by atoms with Gasteiger partial charge in [-0.25, -0.2) is 0 Å². The first-order chi connectivity index (χ1) is 12.1. The van der Waals surface area contributed by atoms with Crippen LogP contribution in [0.3, 0.4) is 0 Å². The molecule has 6 heteroatoms. The van der Waals surface area contributed by atoms with Crippen LogP contribution >= 0.6 is 12.4 Å². The number of phenols is 1. The van der Waals surface area contributed by atoms with Crippen LogP contribution in [0.4, 0.5) is 0 Å². The Kier molecular flexibility index (Phi) is 4.95. The summed E-state index contributed by atoms with van der Waals surface area (Å²) in [5.74, 6) is 2.14. The molecule has 0 radical (unpaired) electrons. The maximum absolute atomic E-state index is 10.2. The lowest BCUT2D eigenvalue weighted by Gasteiger charge is -2.40. The van der Waals surface area contributed by atoms with Gasteiger partial charge in [-0.15, -0.1) is 12.4 Å². The molecule has 0 fully saturated rings. The number of nitrogens with zero attached hydrogens (tertiary/aromatic N) is 1. The molecule has 1 heterocycles. The predicted molar refractivity (Wildman–Crippen MR) is 103 cm³/mol. The standard InChI is InChI=1S/C20H23NO4.ClH/c1-21-6-5-11-9-17(24-3)20(25-4)19-13-10-16(23-2)15(22)8-12(13)7-14(21)18(11)19;/h8-10,14,22H,5-7H2,1-4H3;1H/t14-;/m0./s1. The molecule has 2 aromatic rings. The minimum Gasteiger partial charge on any atom is -0.504 e. The molecular weight excluding hydrogens is 354 g/mol. The summed E-state index contributed by atoms with van der Waals surface area (Å²) in [6.45, 7) is 1.00. The maximum atomic E-state index is 10.2. The molecule has 0 spiro atoms. The average Bonchev–Trinajstić information content (AvgIpc) is 2.63. The van der Waals surface area contributed by atoms with Crippen molar-refractivity contribution in [3.05, 3.63) is 34.9 Å². The highest BCUT2D eigenvalue weighted by Crippen LogP contribution is 2.53. The first-order valence-electron chi connectivity index (χ1n) is 8.47. The molecule has 4 rings (SSSR count). The van der Waals surface area contributed by atoms with Gasteiger partial charge in [0.1, 0.15) is 0 Å². The van der Waals surface area contributed by atoms with Gasteiger partial charge in [0.05, 0.1) is 21.3 Å². The number of hydrogen-bond acceptors (Lipinski definition) is 5. The highest BCUT2D eigenvalue weighted by molar-refractivity contribution is 5.85. The van der Waals surface area contributed by atoms with Gasteiger partial charge in [-0.1, -0.05) is 0 Å². The van der Waals surface area contributed by atoms with Crippen LogP contribution in [0.25, 0.3) is 11.1 Å². The van der Waals surface area contributed by atoms with Crippen molar-refractivity contribution in [3.8, 4) is 34.1 Å². The third-order valence-corrected chi connectivity index (χ3v) is 5.48. The molecule has 140 valence electrons. The number of methoxy groups -OCH3 is 3. The van der Waals surface area contributed by atoms with Crippen LogP contribution in [0.1, 0.15) is 22.7 Å². The molecule has 1 N–H and O–H groups in total. The lowest BCUT2D eigenvalue weighted by molar-refractivity contribution is 0.226. The Labute approximate surface area is 159 Å². The number of phenolic OH excluding ortho intramolecular Hbond substituents is 1. The quantitative estimate of drug-likeness (QED) is 0.885. The molecule has 0 saturated heterocycles. The summed E-state index contributed by atoms with van der Waals surface area (Å²) < 4.78 is 16.7. The number of rotatable bonds is 3. The summed E-state index contributed by atoms with van der Waals surface area (Å²) in [6, 6.07) is 6.12. The van der Waals surface area contributed by atoms with Crippen molar-refractivity contribution >= 4 is 12.4 Å². The second-order valence-electron chi connectivity index (χ2n) is 6.69. The number of likely N-dealkylation sites (N-methyl/N-ethyl adjacent to an activating group) is 1. The topological polar surface area (TPSA) is 51.2 Å².